The number of hydrogen-bond acceptors (Lipinski definition) is 3. The molecule has 0 aromatic rings. The first-order valence-corrected chi connectivity index (χ1v) is 4.81. The van der Waals surface area contributed by atoms with E-state index in [0.29, 0.717) is 6.54 Å². The Balaban J connectivity index is 2.37. The summed E-state index contributed by atoms with van der Waals surface area (Å²) in [6.07, 6.45) is 1.64. The molecule has 1 aliphatic heterocycles. The van der Waals surface area contributed by atoms with E-state index in [4.69, 9.17) is 10.8 Å². The van der Waals surface area contributed by atoms with Crippen molar-refractivity contribution in [3.8, 4) is 0 Å². The topological polar surface area (TPSA) is 66.6 Å². The van der Waals surface area contributed by atoms with Crippen LogP contribution >= 0.6 is 0 Å². The van der Waals surface area contributed by atoms with Crippen LogP contribution in [0.4, 0.5) is 0 Å². The quantitative estimate of drug-likeness (QED) is 0.622. The molecule has 1 saturated heterocycles. The number of piperidine rings is 1. The van der Waals surface area contributed by atoms with Crippen LogP contribution in [0.25, 0.3) is 0 Å². The fourth-order valence-corrected chi connectivity index (χ4v) is 1.62. The van der Waals surface area contributed by atoms with Gasteiger partial charge in [0.05, 0.1) is 12.5 Å². The van der Waals surface area contributed by atoms with Crippen LogP contribution in [-0.2, 0) is 4.79 Å². The first-order chi connectivity index (χ1) is 6.09. The molecule has 4 heteroatoms. The van der Waals surface area contributed by atoms with Gasteiger partial charge in [0.25, 0.3) is 0 Å². The molecular weight excluding hydrogens is 168 g/mol. The second-order valence-electron chi connectivity index (χ2n) is 3.80. The van der Waals surface area contributed by atoms with E-state index in [1.807, 2.05) is 0 Å². The van der Waals surface area contributed by atoms with Gasteiger partial charge in [0.2, 0.25) is 5.91 Å². The number of carbonyl (C=O) groups is 1. The predicted octanol–water partition coefficient (Wildman–Crippen LogP) is -0.293. The van der Waals surface area contributed by atoms with Crippen molar-refractivity contribution in [2.75, 3.05) is 13.1 Å². The zero-order valence-corrected chi connectivity index (χ0v) is 8.07. The van der Waals surface area contributed by atoms with Gasteiger partial charge in [0.1, 0.15) is 0 Å². The Morgan fingerprint density at radius 1 is 1.77 bits per heavy atom. The molecule has 1 rings (SSSR count). The Hall–Kier alpha value is -0.610. The van der Waals surface area contributed by atoms with Crippen LogP contribution in [0.1, 0.15) is 26.2 Å². The molecule has 0 aliphatic carbocycles. The summed E-state index contributed by atoms with van der Waals surface area (Å²) >= 11 is 0. The fourth-order valence-electron chi connectivity index (χ4n) is 1.62. The van der Waals surface area contributed by atoms with E-state index in [0.717, 1.165) is 19.4 Å². The van der Waals surface area contributed by atoms with Crippen LogP contribution < -0.4 is 5.73 Å². The third-order valence-electron chi connectivity index (χ3n) is 2.28. The monoisotopic (exact) mass is 186 g/mol. The highest BCUT2D eigenvalue weighted by Crippen LogP contribution is 2.10. The Bertz CT molecular complexity index is 182. The molecule has 0 radical (unpaired) electrons. The molecule has 1 aliphatic rings. The van der Waals surface area contributed by atoms with E-state index in [-0.39, 0.29) is 18.4 Å². The van der Waals surface area contributed by atoms with Crippen molar-refractivity contribution < 1.29 is 9.90 Å². The maximum atomic E-state index is 11.5. The summed E-state index contributed by atoms with van der Waals surface area (Å²) in [5.74, 6) is 0.0187. The number of aliphatic hydroxyl groups excluding tert-OH is 1. The van der Waals surface area contributed by atoms with E-state index in [1.165, 1.54) is 0 Å². The van der Waals surface area contributed by atoms with Gasteiger partial charge < -0.3 is 15.7 Å². The lowest BCUT2D eigenvalue weighted by atomic mass is 10.1. The molecule has 1 amide bonds. The van der Waals surface area contributed by atoms with E-state index in [1.54, 1.807) is 11.8 Å². The number of likely N-dealkylation sites (tertiary alicyclic amines) is 1. The van der Waals surface area contributed by atoms with Gasteiger partial charge in [0, 0.05) is 19.1 Å². The molecule has 0 aromatic heterocycles. The Morgan fingerprint density at radius 3 is 3.00 bits per heavy atom. The van der Waals surface area contributed by atoms with Crippen LogP contribution in [-0.4, -0.2) is 41.1 Å². The Labute approximate surface area is 78.7 Å². The van der Waals surface area contributed by atoms with Crippen molar-refractivity contribution in [3.63, 3.8) is 0 Å². The number of hydrogen-bond donors (Lipinski definition) is 2. The maximum Gasteiger partial charge on any atom is 0.225 e. The van der Waals surface area contributed by atoms with E-state index in [2.05, 4.69) is 0 Å². The second kappa shape index (κ2) is 4.58. The Kier molecular flexibility index (Phi) is 3.69. The average Bonchev–Trinajstić information content (AvgIpc) is 2.03. The number of rotatable bonds is 2. The van der Waals surface area contributed by atoms with Gasteiger partial charge in [0.15, 0.2) is 0 Å². The standard InChI is InChI=1S/C9H18N2O2/c1-7(12)5-9(13)11-4-2-3-8(10)6-11/h7-8,12H,2-6,10H2,1H3. The van der Waals surface area contributed by atoms with Gasteiger partial charge in [-0.05, 0) is 19.8 Å². The number of nitrogens with zero attached hydrogens (tertiary/aromatic N) is 1. The van der Waals surface area contributed by atoms with Gasteiger partial charge in [-0.25, -0.2) is 0 Å². The first kappa shape index (κ1) is 10.5. The largest absolute Gasteiger partial charge is 0.393 e. The van der Waals surface area contributed by atoms with Crippen molar-refractivity contribution in [2.24, 2.45) is 5.73 Å². The lowest BCUT2D eigenvalue weighted by molar-refractivity contribution is -0.134. The molecule has 3 N–H and O–H groups in total. The smallest absolute Gasteiger partial charge is 0.225 e. The van der Waals surface area contributed by atoms with E-state index < -0.39 is 6.10 Å². The summed E-state index contributed by atoms with van der Waals surface area (Å²) < 4.78 is 0. The van der Waals surface area contributed by atoms with Crippen LogP contribution in [0.15, 0.2) is 0 Å². The molecule has 1 heterocycles. The van der Waals surface area contributed by atoms with Crippen LogP contribution in [0.3, 0.4) is 0 Å². The molecule has 4 nitrogen and oxygen atoms in total. The minimum atomic E-state index is -0.550. The molecule has 0 spiro atoms. The van der Waals surface area contributed by atoms with Crippen molar-refractivity contribution in [1.82, 2.24) is 4.90 Å². The van der Waals surface area contributed by atoms with Crippen LogP contribution in [0.2, 0.25) is 0 Å². The van der Waals surface area contributed by atoms with E-state index in [9.17, 15) is 4.79 Å². The summed E-state index contributed by atoms with van der Waals surface area (Å²) in [6, 6.07) is 0.117. The van der Waals surface area contributed by atoms with Gasteiger partial charge >= 0.3 is 0 Å². The molecule has 13 heavy (non-hydrogen) atoms. The normalized spacial score (nSPS) is 25.8. The molecule has 1 fully saturated rings. The van der Waals surface area contributed by atoms with Crippen molar-refractivity contribution in [1.29, 1.82) is 0 Å². The molecule has 2 unspecified atom stereocenters. The average molecular weight is 186 g/mol. The number of aliphatic hydroxyl groups is 1. The Morgan fingerprint density at radius 2 is 2.46 bits per heavy atom. The number of nitrogens with two attached hydrogens (primary N) is 1. The third kappa shape index (κ3) is 3.32. The fraction of sp³-hybridized carbons (Fsp3) is 0.889. The molecular formula is C9H18N2O2. The molecule has 76 valence electrons. The van der Waals surface area contributed by atoms with Crippen molar-refractivity contribution in [3.05, 3.63) is 0 Å². The van der Waals surface area contributed by atoms with Crippen molar-refractivity contribution >= 4 is 5.91 Å². The lowest BCUT2D eigenvalue weighted by Gasteiger charge is -2.31. The van der Waals surface area contributed by atoms with Gasteiger partial charge in [-0.3, -0.25) is 4.79 Å². The van der Waals surface area contributed by atoms with Gasteiger partial charge in [-0.15, -0.1) is 0 Å². The SMILES string of the molecule is CC(O)CC(=O)N1CCCC(N)C1. The highest BCUT2D eigenvalue weighted by molar-refractivity contribution is 5.76. The highest BCUT2D eigenvalue weighted by Gasteiger charge is 2.21. The summed E-state index contributed by atoms with van der Waals surface area (Å²) in [7, 11) is 0. The molecule has 2 atom stereocenters. The summed E-state index contributed by atoms with van der Waals surface area (Å²) in [6.45, 7) is 3.06. The molecule has 0 bridgehead atoms. The number of amides is 1. The molecule has 0 aromatic carbocycles. The minimum Gasteiger partial charge on any atom is -0.393 e. The third-order valence-corrected chi connectivity index (χ3v) is 2.28. The summed E-state index contributed by atoms with van der Waals surface area (Å²) in [5.41, 5.74) is 5.74. The van der Waals surface area contributed by atoms with Crippen molar-refractivity contribution in [2.45, 2.75) is 38.3 Å². The highest BCUT2D eigenvalue weighted by atomic mass is 16.3. The zero-order valence-electron chi connectivity index (χ0n) is 8.07. The minimum absolute atomic E-state index is 0.0187. The first-order valence-electron chi connectivity index (χ1n) is 4.81. The van der Waals surface area contributed by atoms with Gasteiger partial charge in [-0.1, -0.05) is 0 Å². The molecule has 0 saturated carbocycles. The van der Waals surface area contributed by atoms with Gasteiger partial charge in [-0.2, -0.15) is 0 Å². The second-order valence-corrected chi connectivity index (χ2v) is 3.80. The van der Waals surface area contributed by atoms with E-state index >= 15 is 0 Å². The number of carbonyl (C=O) groups excluding carboxylic acids is 1. The summed E-state index contributed by atoms with van der Waals surface area (Å²) in [4.78, 5) is 13.2. The summed E-state index contributed by atoms with van der Waals surface area (Å²) in [5, 5.41) is 9.04. The zero-order chi connectivity index (χ0) is 9.84. The lowest BCUT2D eigenvalue weighted by Crippen LogP contribution is -2.46. The predicted molar refractivity (Wildman–Crippen MR) is 50.1 cm³/mol. The maximum absolute atomic E-state index is 11.5. The van der Waals surface area contributed by atoms with Crippen LogP contribution in [0, 0.1) is 0 Å². The van der Waals surface area contributed by atoms with Crippen LogP contribution in [0.5, 0.6) is 0 Å².